The van der Waals surface area contributed by atoms with Crippen LogP contribution in [0.25, 0.3) is 16.9 Å². The van der Waals surface area contributed by atoms with Crippen LogP contribution in [0.1, 0.15) is 6.92 Å². The monoisotopic (exact) mass is 361 g/mol. The Bertz CT molecular complexity index is 815. The fourth-order valence-electron chi connectivity index (χ4n) is 2.16. The van der Waals surface area contributed by atoms with Crippen molar-refractivity contribution >= 4 is 27.4 Å². The number of aromatic nitrogens is 3. The molecule has 6 nitrogen and oxygen atoms in total. The normalized spacial score (nSPS) is 12.5. The van der Waals surface area contributed by atoms with E-state index in [1.54, 1.807) is 22.8 Å². The molecule has 1 aromatic carbocycles. The minimum absolute atomic E-state index is 0.01000. The van der Waals surface area contributed by atoms with Crippen LogP contribution in [0.2, 0.25) is 0 Å². The summed E-state index contributed by atoms with van der Waals surface area (Å²) in [6.07, 6.45) is 1.69. The number of nitrogens with one attached hydrogen (secondary N) is 1. The van der Waals surface area contributed by atoms with Crippen LogP contribution in [0, 0.1) is 0 Å². The Morgan fingerprint density at radius 2 is 2.18 bits per heavy atom. The van der Waals surface area contributed by atoms with Crippen molar-refractivity contribution in [2.45, 2.75) is 13.0 Å². The van der Waals surface area contributed by atoms with Crippen LogP contribution in [0.5, 0.6) is 5.75 Å². The van der Waals surface area contributed by atoms with Gasteiger partial charge in [0.25, 0.3) is 0 Å². The molecule has 1 unspecified atom stereocenters. The van der Waals surface area contributed by atoms with Gasteiger partial charge >= 0.3 is 0 Å². The van der Waals surface area contributed by atoms with Gasteiger partial charge in [-0.1, -0.05) is 12.1 Å². The van der Waals surface area contributed by atoms with Gasteiger partial charge in [0.05, 0.1) is 16.4 Å². The number of aromatic hydroxyl groups is 1. The van der Waals surface area contributed by atoms with E-state index < -0.39 is 0 Å². The van der Waals surface area contributed by atoms with E-state index in [4.69, 9.17) is 5.73 Å². The van der Waals surface area contributed by atoms with E-state index in [-0.39, 0.29) is 11.8 Å². The maximum absolute atomic E-state index is 10.1. The molecule has 0 aliphatic carbocycles. The molecule has 3 aromatic rings. The van der Waals surface area contributed by atoms with Gasteiger partial charge in [-0.3, -0.25) is 0 Å². The third kappa shape index (κ3) is 2.77. The van der Waals surface area contributed by atoms with Crippen molar-refractivity contribution in [1.82, 2.24) is 14.6 Å². The molecule has 0 radical (unpaired) electrons. The van der Waals surface area contributed by atoms with Crippen LogP contribution in [0.15, 0.2) is 41.0 Å². The minimum Gasteiger partial charge on any atom is -0.507 e. The Morgan fingerprint density at radius 3 is 2.91 bits per heavy atom. The number of phenolic OH excluding ortho intramolecular Hbond substituents is 1. The SMILES string of the molecule is CC(N)CNc1cc(-c2ccccc2O)nc2c(Br)cnn12. The Labute approximate surface area is 136 Å². The summed E-state index contributed by atoms with van der Waals surface area (Å²) in [7, 11) is 0. The lowest BCUT2D eigenvalue weighted by molar-refractivity contribution is 0.477. The molecule has 2 aromatic heterocycles. The first-order valence-corrected chi connectivity index (χ1v) is 7.67. The maximum Gasteiger partial charge on any atom is 0.172 e. The number of hydrogen-bond acceptors (Lipinski definition) is 5. The van der Waals surface area contributed by atoms with Gasteiger partial charge in [0.15, 0.2) is 5.65 Å². The summed E-state index contributed by atoms with van der Waals surface area (Å²) < 4.78 is 2.49. The van der Waals surface area contributed by atoms with Gasteiger partial charge in [-0.15, -0.1) is 0 Å². The molecule has 0 bridgehead atoms. The minimum atomic E-state index is 0.01000. The van der Waals surface area contributed by atoms with Crippen molar-refractivity contribution in [1.29, 1.82) is 0 Å². The van der Waals surface area contributed by atoms with E-state index >= 15 is 0 Å². The van der Waals surface area contributed by atoms with Gasteiger partial charge in [-0.05, 0) is 35.0 Å². The number of phenols is 1. The first-order valence-electron chi connectivity index (χ1n) is 6.88. The molecule has 0 aliphatic rings. The van der Waals surface area contributed by atoms with Gasteiger partial charge in [0, 0.05) is 24.2 Å². The zero-order valence-electron chi connectivity index (χ0n) is 12.0. The Balaban J connectivity index is 2.15. The Kier molecular flexibility index (Phi) is 4.00. The molecule has 3 rings (SSSR count). The molecule has 7 heteroatoms. The zero-order chi connectivity index (χ0) is 15.7. The molecule has 0 spiro atoms. The Morgan fingerprint density at radius 1 is 1.41 bits per heavy atom. The lowest BCUT2D eigenvalue weighted by Crippen LogP contribution is -2.26. The first-order chi connectivity index (χ1) is 10.6. The molecule has 0 saturated carbocycles. The standard InChI is InChI=1S/C15H16BrN5O/c1-9(17)7-18-14-6-12(10-4-2-3-5-13(10)22)20-15-11(16)8-19-21(14)15/h2-6,8-9,18,22H,7,17H2,1H3. The fourth-order valence-corrected chi connectivity index (χ4v) is 2.50. The van der Waals surface area contributed by atoms with Gasteiger partial charge in [0.1, 0.15) is 11.6 Å². The molecule has 4 N–H and O–H groups in total. The maximum atomic E-state index is 10.1. The largest absolute Gasteiger partial charge is 0.507 e. The van der Waals surface area contributed by atoms with Crippen LogP contribution in [-0.2, 0) is 0 Å². The lowest BCUT2D eigenvalue weighted by atomic mass is 10.1. The van der Waals surface area contributed by atoms with E-state index in [0.29, 0.717) is 23.4 Å². The molecular weight excluding hydrogens is 346 g/mol. The van der Waals surface area contributed by atoms with Crippen molar-refractivity contribution in [3.05, 3.63) is 41.0 Å². The summed E-state index contributed by atoms with van der Waals surface area (Å²) in [4.78, 5) is 4.58. The van der Waals surface area contributed by atoms with Crippen LogP contribution in [0.4, 0.5) is 5.82 Å². The zero-order valence-corrected chi connectivity index (χ0v) is 13.6. The van der Waals surface area contributed by atoms with Gasteiger partial charge < -0.3 is 16.2 Å². The highest BCUT2D eigenvalue weighted by atomic mass is 79.9. The molecular formula is C15H16BrN5O. The molecule has 1 atom stereocenters. The van der Waals surface area contributed by atoms with E-state index in [2.05, 4.69) is 31.3 Å². The smallest absolute Gasteiger partial charge is 0.172 e. The van der Waals surface area contributed by atoms with Crippen molar-refractivity contribution in [2.24, 2.45) is 5.73 Å². The van der Waals surface area contributed by atoms with Gasteiger partial charge in [0.2, 0.25) is 0 Å². The highest BCUT2D eigenvalue weighted by Gasteiger charge is 2.13. The second-order valence-electron chi connectivity index (χ2n) is 5.13. The van der Waals surface area contributed by atoms with Crippen LogP contribution in [0.3, 0.4) is 0 Å². The number of benzene rings is 1. The van der Waals surface area contributed by atoms with Crippen LogP contribution < -0.4 is 11.1 Å². The summed E-state index contributed by atoms with van der Waals surface area (Å²) in [6, 6.07) is 8.97. The third-order valence-electron chi connectivity index (χ3n) is 3.21. The number of fused-ring (bicyclic) bond motifs is 1. The quantitative estimate of drug-likeness (QED) is 0.664. The summed E-state index contributed by atoms with van der Waals surface area (Å²) in [5, 5.41) is 17.6. The number of para-hydroxylation sites is 1. The lowest BCUT2D eigenvalue weighted by Gasteiger charge is -2.12. The highest BCUT2D eigenvalue weighted by molar-refractivity contribution is 9.10. The molecule has 2 heterocycles. The average molecular weight is 362 g/mol. The third-order valence-corrected chi connectivity index (χ3v) is 3.77. The molecule has 114 valence electrons. The highest BCUT2D eigenvalue weighted by Crippen LogP contribution is 2.30. The van der Waals surface area contributed by atoms with Gasteiger partial charge in [-0.25, -0.2) is 4.98 Å². The number of halogens is 1. The molecule has 0 fully saturated rings. The molecule has 0 saturated heterocycles. The number of anilines is 1. The Hall–Kier alpha value is -2.12. The molecule has 0 amide bonds. The van der Waals surface area contributed by atoms with E-state index in [9.17, 15) is 5.11 Å². The fraction of sp³-hybridized carbons (Fsp3) is 0.200. The summed E-state index contributed by atoms with van der Waals surface area (Å²) in [6.45, 7) is 2.53. The average Bonchev–Trinajstić information content (AvgIpc) is 2.87. The van der Waals surface area contributed by atoms with Crippen molar-refractivity contribution in [3.63, 3.8) is 0 Å². The van der Waals surface area contributed by atoms with Crippen molar-refractivity contribution < 1.29 is 5.11 Å². The first kappa shape index (κ1) is 14.8. The summed E-state index contributed by atoms with van der Waals surface area (Å²) >= 11 is 3.45. The second kappa shape index (κ2) is 5.94. The topological polar surface area (TPSA) is 88.5 Å². The number of nitrogens with zero attached hydrogens (tertiary/aromatic N) is 3. The van der Waals surface area contributed by atoms with E-state index in [1.165, 1.54) is 0 Å². The second-order valence-corrected chi connectivity index (χ2v) is 5.98. The summed E-state index contributed by atoms with van der Waals surface area (Å²) in [5.41, 5.74) is 7.81. The predicted octanol–water partition coefficient (Wildman–Crippen LogP) is 2.62. The number of nitrogens with two attached hydrogens (primary N) is 1. The van der Waals surface area contributed by atoms with E-state index in [0.717, 1.165) is 10.3 Å². The number of rotatable bonds is 4. The summed E-state index contributed by atoms with van der Waals surface area (Å²) in [5.74, 6) is 0.958. The van der Waals surface area contributed by atoms with Crippen LogP contribution in [-0.4, -0.2) is 32.3 Å². The van der Waals surface area contributed by atoms with Gasteiger partial charge in [-0.2, -0.15) is 9.61 Å². The predicted molar refractivity (Wildman–Crippen MR) is 89.9 cm³/mol. The number of hydrogen-bond donors (Lipinski definition) is 3. The molecule has 22 heavy (non-hydrogen) atoms. The van der Waals surface area contributed by atoms with Crippen LogP contribution >= 0.6 is 15.9 Å². The van der Waals surface area contributed by atoms with Crippen molar-refractivity contribution in [3.8, 4) is 17.0 Å². The van der Waals surface area contributed by atoms with Crippen molar-refractivity contribution in [2.75, 3.05) is 11.9 Å². The molecule has 0 aliphatic heterocycles. The van der Waals surface area contributed by atoms with E-state index in [1.807, 2.05) is 25.1 Å².